The highest BCUT2D eigenvalue weighted by atomic mass is 79.9. The lowest BCUT2D eigenvalue weighted by atomic mass is 10.2. The van der Waals surface area contributed by atoms with Crippen molar-refractivity contribution in [3.63, 3.8) is 0 Å². The van der Waals surface area contributed by atoms with Gasteiger partial charge in [0.15, 0.2) is 5.82 Å². The smallest absolute Gasteiger partial charge is 0.180 e. The van der Waals surface area contributed by atoms with E-state index >= 15 is 0 Å². The third-order valence-electron chi connectivity index (χ3n) is 3.02. The third-order valence-corrected chi connectivity index (χ3v) is 3.86. The largest absolute Gasteiger partial charge is 0.372 e. The van der Waals surface area contributed by atoms with Gasteiger partial charge in [0.25, 0.3) is 0 Å². The fraction of sp³-hybridized carbons (Fsp3) is 0.500. The van der Waals surface area contributed by atoms with Gasteiger partial charge in [-0.2, -0.15) is 5.10 Å². The Morgan fingerprint density at radius 2 is 2.05 bits per heavy atom. The summed E-state index contributed by atoms with van der Waals surface area (Å²) in [6, 6.07) is 1.97. The molecule has 2 heterocycles. The van der Waals surface area contributed by atoms with Crippen molar-refractivity contribution in [2.45, 2.75) is 39.7 Å². The summed E-state index contributed by atoms with van der Waals surface area (Å²) in [7, 11) is 1.87. The summed E-state index contributed by atoms with van der Waals surface area (Å²) in [5.74, 6) is 1.55. The van der Waals surface area contributed by atoms with Crippen molar-refractivity contribution in [1.82, 2.24) is 19.7 Å². The average molecular weight is 338 g/mol. The zero-order valence-electron chi connectivity index (χ0n) is 12.1. The molecule has 5 nitrogen and oxygen atoms in total. The Hall–Kier alpha value is -1.43. The molecular formula is C14H20BrN5. The van der Waals surface area contributed by atoms with Gasteiger partial charge in [-0.15, -0.1) is 0 Å². The Labute approximate surface area is 128 Å². The van der Waals surface area contributed by atoms with Crippen LogP contribution in [0.3, 0.4) is 0 Å². The summed E-state index contributed by atoms with van der Waals surface area (Å²) in [5.41, 5.74) is 2.00. The highest BCUT2D eigenvalue weighted by Crippen LogP contribution is 2.27. The van der Waals surface area contributed by atoms with Gasteiger partial charge in [-0.25, -0.2) is 9.97 Å². The summed E-state index contributed by atoms with van der Waals surface area (Å²) in [6.45, 7) is 5.16. The van der Waals surface area contributed by atoms with Crippen molar-refractivity contribution in [3.05, 3.63) is 22.4 Å². The second kappa shape index (κ2) is 6.83. The third kappa shape index (κ3) is 3.00. The van der Waals surface area contributed by atoms with E-state index in [1.54, 1.807) is 6.20 Å². The maximum absolute atomic E-state index is 4.70. The lowest BCUT2D eigenvalue weighted by Crippen LogP contribution is -2.07. The van der Waals surface area contributed by atoms with E-state index in [9.17, 15) is 0 Å². The number of anilines is 1. The Bertz CT molecular complexity index is 579. The molecule has 2 aromatic heterocycles. The van der Waals surface area contributed by atoms with Crippen LogP contribution >= 0.6 is 15.9 Å². The van der Waals surface area contributed by atoms with Gasteiger partial charge in [-0.3, -0.25) is 4.68 Å². The van der Waals surface area contributed by atoms with E-state index < -0.39 is 0 Å². The lowest BCUT2D eigenvalue weighted by molar-refractivity contribution is 0.606. The van der Waals surface area contributed by atoms with Crippen LogP contribution in [0, 0.1) is 0 Å². The van der Waals surface area contributed by atoms with Gasteiger partial charge >= 0.3 is 0 Å². The standard InChI is InChI=1S/C14H20BrN5/c1-4-6-10-12(15)14(16-3)19-13(18-10)11-7-8-17-20(11)9-5-2/h7-8H,4-6,9H2,1-3H3,(H,16,18,19). The molecule has 0 aromatic carbocycles. The van der Waals surface area contributed by atoms with E-state index in [2.05, 4.69) is 45.2 Å². The Kier molecular flexibility index (Phi) is 5.11. The van der Waals surface area contributed by atoms with Crippen LogP contribution in [0.15, 0.2) is 16.7 Å². The first-order valence-corrected chi connectivity index (χ1v) is 7.76. The Morgan fingerprint density at radius 3 is 2.70 bits per heavy atom. The van der Waals surface area contributed by atoms with E-state index in [1.807, 2.05) is 17.8 Å². The molecule has 0 fully saturated rings. The van der Waals surface area contributed by atoms with E-state index in [1.165, 1.54) is 0 Å². The van der Waals surface area contributed by atoms with Crippen molar-refractivity contribution in [1.29, 1.82) is 0 Å². The topological polar surface area (TPSA) is 55.6 Å². The van der Waals surface area contributed by atoms with Crippen molar-refractivity contribution in [2.24, 2.45) is 0 Å². The molecule has 2 aromatic rings. The van der Waals surface area contributed by atoms with Crippen LogP contribution in [0.5, 0.6) is 0 Å². The van der Waals surface area contributed by atoms with Crippen molar-refractivity contribution in [2.75, 3.05) is 12.4 Å². The summed E-state index contributed by atoms with van der Waals surface area (Å²) in [5, 5.41) is 7.46. The number of hydrogen-bond acceptors (Lipinski definition) is 4. The maximum atomic E-state index is 4.70. The summed E-state index contributed by atoms with van der Waals surface area (Å²) >= 11 is 3.58. The molecule has 0 aliphatic carbocycles. The number of aryl methyl sites for hydroxylation is 2. The summed E-state index contributed by atoms with van der Waals surface area (Å²) < 4.78 is 2.91. The molecule has 0 aliphatic rings. The molecule has 0 saturated heterocycles. The molecule has 0 amide bonds. The minimum Gasteiger partial charge on any atom is -0.372 e. The minimum absolute atomic E-state index is 0.729. The molecule has 0 radical (unpaired) electrons. The van der Waals surface area contributed by atoms with Gasteiger partial charge < -0.3 is 5.32 Å². The maximum Gasteiger partial charge on any atom is 0.180 e. The predicted molar refractivity (Wildman–Crippen MR) is 84.8 cm³/mol. The number of nitrogens with one attached hydrogen (secondary N) is 1. The zero-order chi connectivity index (χ0) is 14.5. The van der Waals surface area contributed by atoms with E-state index in [0.717, 1.165) is 53.3 Å². The number of nitrogens with zero attached hydrogens (tertiary/aromatic N) is 4. The quantitative estimate of drug-likeness (QED) is 0.876. The van der Waals surface area contributed by atoms with Gasteiger partial charge in [0.2, 0.25) is 0 Å². The predicted octanol–water partition coefficient (Wildman–Crippen LogP) is 3.51. The van der Waals surface area contributed by atoms with Gasteiger partial charge in [-0.05, 0) is 34.8 Å². The molecular weight excluding hydrogens is 318 g/mol. The monoisotopic (exact) mass is 337 g/mol. The van der Waals surface area contributed by atoms with E-state index in [-0.39, 0.29) is 0 Å². The molecule has 0 atom stereocenters. The first kappa shape index (κ1) is 15.0. The molecule has 0 saturated carbocycles. The van der Waals surface area contributed by atoms with Crippen molar-refractivity contribution >= 4 is 21.7 Å². The fourth-order valence-electron chi connectivity index (χ4n) is 2.09. The second-order valence-corrected chi connectivity index (χ2v) is 5.39. The summed E-state index contributed by atoms with van der Waals surface area (Å²) in [4.78, 5) is 9.29. The molecule has 0 unspecified atom stereocenters. The SMILES string of the molecule is CCCc1nc(-c2ccnn2CCC)nc(NC)c1Br. The van der Waals surface area contributed by atoms with Gasteiger partial charge in [0.05, 0.1) is 10.2 Å². The Balaban J connectivity index is 2.50. The first-order chi connectivity index (χ1) is 9.71. The molecule has 0 bridgehead atoms. The van der Waals surface area contributed by atoms with Crippen molar-refractivity contribution in [3.8, 4) is 11.5 Å². The van der Waals surface area contributed by atoms with Crippen LogP contribution < -0.4 is 5.32 Å². The van der Waals surface area contributed by atoms with E-state index in [0.29, 0.717) is 0 Å². The Morgan fingerprint density at radius 1 is 1.25 bits per heavy atom. The number of aromatic nitrogens is 4. The van der Waals surface area contributed by atoms with E-state index in [4.69, 9.17) is 4.98 Å². The highest BCUT2D eigenvalue weighted by Gasteiger charge is 2.14. The van der Waals surface area contributed by atoms with Crippen LogP contribution in [0.25, 0.3) is 11.5 Å². The van der Waals surface area contributed by atoms with Gasteiger partial charge in [0, 0.05) is 19.8 Å². The number of rotatable bonds is 6. The molecule has 108 valence electrons. The highest BCUT2D eigenvalue weighted by molar-refractivity contribution is 9.10. The minimum atomic E-state index is 0.729. The van der Waals surface area contributed by atoms with Crippen LogP contribution in [-0.4, -0.2) is 26.8 Å². The second-order valence-electron chi connectivity index (χ2n) is 4.60. The molecule has 20 heavy (non-hydrogen) atoms. The molecule has 0 spiro atoms. The molecule has 0 aliphatic heterocycles. The van der Waals surface area contributed by atoms with Crippen molar-refractivity contribution < 1.29 is 0 Å². The lowest BCUT2D eigenvalue weighted by Gasteiger charge is -2.11. The first-order valence-electron chi connectivity index (χ1n) is 6.97. The number of halogens is 1. The van der Waals surface area contributed by atoms with Crippen LogP contribution in [0.2, 0.25) is 0 Å². The molecule has 6 heteroatoms. The normalized spacial score (nSPS) is 10.8. The zero-order valence-corrected chi connectivity index (χ0v) is 13.7. The van der Waals surface area contributed by atoms with Crippen LogP contribution in [-0.2, 0) is 13.0 Å². The molecule has 1 N–H and O–H groups in total. The van der Waals surface area contributed by atoms with Gasteiger partial charge in [-0.1, -0.05) is 20.3 Å². The van der Waals surface area contributed by atoms with Crippen LogP contribution in [0.4, 0.5) is 5.82 Å². The average Bonchev–Trinajstić information content (AvgIpc) is 2.90. The van der Waals surface area contributed by atoms with Crippen LogP contribution in [0.1, 0.15) is 32.4 Å². The number of hydrogen-bond donors (Lipinski definition) is 1. The molecule has 2 rings (SSSR count). The fourth-order valence-corrected chi connectivity index (χ4v) is 2.66. The van der Waals surface area contributed by atoms with Gasteiger partial charge in [0.1, 0.15) is 11.5 Å². The summed E-state index contributed by atoms with van der Waals surface area (Å²) in [6.07, 6.45) is 4.81.